The van der Waals surface area contributed by atoms with Crippen LogP contribution in [0.2, 0.25) is 0 Å². The lowest BCUT2D eigenvalue weighted by Crippen LogP contribution is -2.41. The molecule has 1 saturated heterocycles. The number of ether oxygens (including phenoxy) is 2. The maximum Gasteiger partial charge on any atom is 0.268 e. The molecule has 0 atom stereocenters. The number of benzene rings is 1. The van der Waals surface area contributed by atoms with E-state index in [1.165, 1.54) is 4.31 Å². The monoisotopic (exact) mass is 407 g/mol. The molecule has 0 saturated carbocycles. The van der Waals surface area contributed by atoms with E-state index < -0.39 is 10.0 Å². The van der Waals surface area contributed by atoms with Gasteiger partial charge < -0.3 is 19.8 Å². The van der Waals surface area contributed by atoms with Crippen LogP contribution in [0.5, 0.6) is 5.75 Å². The average molecular weight is 407 g/mol. The van der Waals surface area contributed by atoms with Gasteiger partial charge in [-0.05, 0) is 25.5 Å². The number of amides is 1. The highest BCUT2D eigenvalue weighted by Crippen LogP contribution is 2.27. The fourth-order valence-electron chi connectivity index (χ4n) is 3.38. The van der Waals surface area contributed by atoms with E-state index in [-0.39, 0.29) is 23.0 Å². The minimum atomic E-state index is -3.69. The summed E-state index contributed by atoms with van der Waals surface area (Å²) in [5.74, 6) is 0.313. The van der Waals surface area contributed by atoms with E-state index in [4.69, 9.17) is 9.47 Å². The van der Waals surface area contributed by atoms with Gasteiger partial charge in [0.1, 0.15) is 16.3 Å². The molecular weight excluding hydrogens is 382 g/mol. The topological polar surface area (TPSA) is 101 Å². The lowest BCUT2D eigenvalue weighted by Gasteiger charge is -2.26. The summed E-state index contributed by atoms with van der Waals surface area (Å²) < 4.78 is 38.0. The van der Waals surface area contributed by atoms with Crippen molar-refractivity contribution in [2.45, 2.75) is 25.3 Å². The molecule has 0 unspecified atom stereocenters. The van der Waals surface area contributed by atoms with Crippen molar-refractivity contribution in [3.8, 4) is 5.75 Å². The largest absolute Gasteiger partial charge is 0.496 e. The number of para-hydroxylation sites is 1. The summed E-state index contributed by atoms with van der Waals surface area (Å²) >= 11 is 0. The van der Waals surface area contributed by atoms with Crippen molar-refractivity contribution < 1.29 is 22.7 Å². The molecule has 0 bridgehead atoms. The highest BCUT2D eigenvalue weighted by atomic mass is 32.2. The van der Waals surface area contributed by atoms with Crippen LogP contribution in [0.1, 0.15) is 27.3 Å². The van der Waals surface area contributed by atoms with Crippen LogP contribution in [0.4, 0.5) is 0 Å². The number of aromatic amines is 1. The Kier molecular flexibility index (Phi) is 6.07. The molecule has 0 spiro atoms. The average Bonchev–Trinajstić information content (AvgIpc) is 3.01. The summed E-state index contributed by atoms with van der Waals surface area (Å²) in [6.07, 6.45) is 0. The number of nitrogens with zero attached hydrogens (tertiary/aromatic N) is 1. The Morgan fingerprint density at radius 1 is 1.25 bits per heavy atom. The molecule has 1 fully saturated rings. The van der Waals surface area contributed by atoms with E-state index >= 15 is 0 Å². The maximum atomic E-state index is 13.0. The van der Waals surface area contributed by atoms with Gasteiger partial charge >= 0.3 is 0 Å². The van der Waals surface area contributed by atoms with Crippen LogP contribution in [-0.4, -0.2) is 57.0 Å². The summed E-state index contributed by atoms with van der Waals surface area (Å²) in [6, 6.07) is 7.39. The highest BCUT2D eigenvalue weighted by Gasteiger charge is 2.32. The zero-order valence-corrected chi connectivity index (χ0v) is 17.1. The van der Waals surface area contributed by atoms with Crippen molar-refractivity contribution in [2.75, 3.05) is 33.4 Å². The van der Waals surface area contributed by atoms with Crippen LogP contribution < -0.4 is 10.1 Å². The molecule has 3 rings (SSSR count). The highest BCUT2D eigenvalue weighted by molar-refractivity contribution is 7.89. The van der Waals surface area contributed by atoms with Gasteiger partial charge in [-0.3, -0.25) is 4.79 Å². The molecule has 2 heterocycles. The van der Waals surface area contributed by atoms with Crippen LogP contribution in [-0.2, 0) is 21.3 Å². The number of aryl methyl sites for hydroxylation is 1. The third-order valence-corrected chi connectivity index (χ3v) is 6.97. The normalized spacial score (nSPS) is 15.4. The van der Waals surface area contributed by atoms with Crippen molar-refractivity contribution in [1.82, 2.24) is 14.6 Å². The summed E-state index contributed by atoms with van der Waals surface area (Å²) in [6.45, 7) is 4.93. The third kappa shape index (κ3) is 3.91. The van der Waals surface area contributed by atoms with Gasteiger partial charge in [0.05, 0.1) is 20.3 Å². The number of hydrogen-bond acceptors (Lipinski definition) is 5. The first kappa shape index (κ1) is 20.4. The first-order valence-corrected chi connectivity index (χ1v) is 10.5. The van der Waals surface area contributed by atoms with Crippen molar-refractivity contribution in [2.24, 2.45) is 0 Å². The van der Waals surface area contributed by atoms with E-state index in [1.54, 1.807) is 21.0 Å². The summed E-state index contributed by atoms with van der Waals surface area (Å²) in [4.78, 5) is 15.8. The molecule has 1 aromatic heterocycles. The lowest BCUT2D eigenvalue weighted by molar-refractivity contribution is 0.0730. The molecule has 2 N–H and O–H groups in total. The van der Waals surface area contributed by atoms with Crippen LogP contribution in [0.3, 0.4) is 0 Å². The number of carbonyl (C=O) groups excluding carboxylic acids is 1. The van der Waals surface area contributed by atoms with Gasteiger partial charge in [0.25, 0.3) is 5.91 Å². The van der Waals surface area contributed by atoms with Crippen molar-refractivity contribution >= 4 is 15.9 Å². The molecule has 8 nitrogen and oxygen atoms in total. The Morgan fingerprint density at radius 3 is 2.61 bits per heavy atom. The Balaban J connectivity index is 1.82. The maximum absolute atomic E-state index is 13.0. The molecule has 0 aliphatic carbocycles. The van der Waals surface area contributed by atoms with Gasteiger partial charge in [-0.25, -0.2) is 8.42 Å². The van der Waals surface area contributed by atoms with Crippen LogP contribution in [0, 0.1) is 13.8 Å². The number of aromatic nitrogens is 1. The van der Waals surface area contributed by atoms with Gasteiger partial charge in [-0.2, -0.15) is 4.31 Å². The van der Waals surface area contributed by atoms with Crippen LogP contribution >= 0.6 is 0 Å². The van der Waals surface area contributed by atoms with Gasteiger partial charge in [-0.1, -0.05) is 18.2 Å². The number of hydrogen-bond donors (Lipinski definition) is 2. The lowest BCUT2D eigenvalue weighted by atomic mass is 10.2. The summed E-state index contributed by atoms with van der Waals surface area (Å²) in [5.41, 5.74) is 1.95. The zero-order valence-electron chi connectivity index (χ0n) is 16.2. The number of rotatable bonds is 6. The number of morpholine rings is 1. The van der Waals surface area contributed by atoms with Crippen molar-refractivity contribution in [3.63, 3.8) is 0 Å². The fraction of sp³-hybridized carbons (Fsp3) is 0.421. The van der Waals surface area contributed by atoms with E-state index in [2.05, 4.69) is 10.3 Å². The van der Waals surface area contributed by atoms with E-state index in [0.29, 0.717) is 43.3 Å². The predicted molar refractivity (Wildman–Crippen MR) is 104 cm³/mol. The first-order valence-electron chi connectivity index (χ1n) is 9.03. The van der Waals surface area contributed by atoms with E-state index in [0.717, 1.165) is 5.56 Å². The van der Waals surface area contributed by atoms with E-state index in [1.807, 2.05) is 24.3 Å². The number of H-pyrrole nitrogens is 1. The minimum absolute atomic E-state index is 0.164. The molecule has 1 amide bonds. The molecule has 0 radical (unpaired) electrons. The second-order valence-corrected chi connectivity index (χ2v) is 8.46. The van der Waals surface area contributed by atoms with Gasteiger partial charge in [0, 0.05) is 30.9 Å². The standard InChI is InChI=1S/C19H25N3O5S/c1-13-17(19(23)20-12-15-6-4-5-7-16(15)26-3)21-14(2)18(13)28(24,25)22-8-10-27-11-9-22/h4-7,21H,8-12H2,1-3H3,(H,20,23). The molecule has 152 valence electrons. The molecule has 2 aromatic rings. The fourth-order valence-corrected chi connectivity index (χ4v) is 5.19. The Hall–Kier alpha value is -2.36. The molecule has 1 aliphatic rings. The molecule has 1 aliphatic heterocycles. The Labute approximate surface area is 164 Å². The van der Waals surface area contributed by atoms with Gasteiger partial charge in [-0.15, -0.1) is 0 Å². The van der Waals surface area contributed by atoms with E-state index in [9.17, 15) is 13.2 Å². The molecule has 28 heavy (non-hydrogen) atoms. The Morgan fingerprint density at radius 2 is 1.93 bits per heavy atom. The number of methoxy groups -OCH3 is 1. The molecule has 9 heteroatoms. The molecule has 1 aromatic carbocycles. The molecular formula is C19H25N3O5S. The Bertz CT molecular complexity index is 962. The van der Waals surface area contributed by atoms with Crippen LogP contribution in [0.15, 0.2) is 29.2 Å². The number of carbonyl (C=O) groups is 1. The summed E-state index contributed by atoms with van der Waals surface area (Å²) in [7, 11) is -2.12. The summed E-state index contributed by atoms with van der Waals surface area (Å²) in [5, 5.41) is 2.82. The van der Waals surface area contributed by atoms with Crippen molar-refractivity contribution in [1.29, 1.82) is 0 Å². The quantitative estimate of drug-likeness (QED) is 0.757. The first-order chi connectivity index (χ1) is 13.4. The van der Waals surface area contributed by atoms with Crippen LogP contribution in [0.25, 0.3) is 0 Å². The van der Waals surface area contributed by atoms with Gasteiger partial charge in [0.15, 0.2) is 0 Å². The van der Waals surface area contributed by atoms with Gasteiger partial charge in [0.2, 0.25) is 10.0 Å². The second kappa shape index (κ2) is 8.34. The van der Waals surface area contributed by atoms with Crippen molar-refractivity contribution in [3.05, 3.63) is 46.8 Å². The number of sulfonamides is 1. The predicted octanol–water partition coefficient (Wildman–Crippen LogP) is 1.59. The zero-order chi connectivity index (χ0) is 20.3. The SMILES string of the molecule is COc1ccccc1CNC(=O)c1[nH]c(C)c(S(=O)(=O)N2CCOCC2)c1C. The second-order valence-electron chi connectivity index (χ2n) is 6.59. The smallest absolute Gasteiger partial charge is 0.268 e. The number of nitrogens with one attached hydrogen (secondary N) is 2. The minimum Gasteiger partial charge on any atom is -0.496 e. The third-order valence-electron chi connectivity index (χ3n) is 4.80.